The van der Waals surface area contributed by atoms with Crippen LogP contribution in [0.25, 0.3) is 0 Å². The summed E-state index contributed by atoms with van der Waals surface area (Å²) in [6, 6.07) is 7.28. The van der Waals surface area contributed by atoms with Gasteiger partial charge in [0.25, 0.3) is 0 Å². The Kier molecular flexibility index (Phi) is 5.00. The van der Waals surface area contributed by atoms with Gasteiger partial charge in [-0.1, -0.05) is 6.07 Å². The highest BCUT2D eigenvalue weighted by molar-refractivity contribution is 7.89. The zero-order valence-corrected chi connectivity index (χ0v) is 14.2. The molecule has 1 fully saturated rings. The summed E-state index contributed by atoms with van der Waals surface area (Å²) in [6.45, 7) is 0.510. The zero-order valence-electron chi connectivity index (χ0n) is 13.4. The lowest BCUT2D eigenvalue weighted by molar-refractivity contribution is 0.111. The van der Waals surface area contributed by atoms with Crippen molar-refractivity contribution in [3.8, 4) is 11.5 Å². The Morgan fingerprint density at radius 3 is 2.88 bits per heavy atom. The molecule has 0 aliphatic carbocycles. The van der Waals surface area contributed by atoms with E-state index in [0.717, 1.165) is 6.42 Å². The number of aromatic nitrogens is 1. The van der Waals surface area contributed by atoms with Gasteiger partial charge in [0.2, 0.25) is 10.0 Å². The van der Waals surface area contributed by atoms with E-state index in [-0.39, 0.29) is 34.6 Å². The number of aldehydes is 1. The molecule has 1 aliphatic heterocycles. The van der Waals surface area contributed by atoms with Gasteiger partial charge in [-0.2, -0.15) is 4.31 Å². The Labute approximate surface area is 145 Å². The molecular formula is C17H18N2O5S. The van der Waals surface area contributed by atoms with E-state index >= 15 is 0 Å². The lowest BCUT2D eigenvalue weighted by Crippen LogP contribution is -2.39. The second kappa shape index (κ2) is 7.20. The topological polar surface area (TPSA) is 96.8 Å². The molecule has 1 atom stereocenters. The van der Waals surface area contributed by atoms with E-state index in [1.54, 1.807) is 18.2 Å². The summed E-state index contributed by atoms with van der Waals surface area (Å²) in [6.07, 6.45) is 4.75. The van der Waals surface area contributed by atoms with E-state index in [1.807, 2.05) is 0 Å². The van der Waals surface area contributed by atoms with Crippen molar-refractivity contribution in [1.29, 1.82) is 0 Å². The number of benzene rings is 1. The van der Waals surface area contributed by atoms with Gasteiger partial charge >= 0.3 is 0 Å². The highest BCUT2D eigenvalue weighted by Crippen LogP contribution is 2.29. The lowest BCUT2D eigenvalue weighted by atomic mass is 10.2. The van der Waals surface area contributed by atoms with Crippen LogP contribution in [-0.4, -0.2) is 48.3 Å². The SMILES string of the molecule is O=Cc1c(O)cccc1OC[C@@H]1CCCN1S(=O)(=O)c1cccnc1. The van der Waals surface area contributed by atoms with Crippen LogP contribution in [-0.2, 0) is 10.0 Å². The first-order valence-electron chi connectivity index (χ1n) is 7.86. The number of hydrogen-bond acceptors (Lipinski definition) is 6. The van der Waals surface area contributed by atoms with Crippen molar-refractivity contribution >= 4 is 16.3 Å². The van der Waals surface area contributed by atoms with Crippen molar-refractivity contribution in [2.24, 2.45) is 0 Å². The molecule has 0 unspecified atom stereocenters. The lowest BCUT2D eigenvalue weighted by Gasteiger charge is -2.24. The van der Waals surface area contributed by atoms with Crippen LogP contribution in [0.3, 0.4) is 0 Å². The number of rotatable bonds is 6. The third kappa shape index (κ3) is 3.49. The summed E-state index contributed by atoms with van der Waals surface area (Å²) in [5.74, 6) is 0.0689. The standard InChI is InChI=1S/C17H18N2O5S/c20-11-15-16(21)6-1-7-17(15)24-12-13-4-3-9-19(13)25(22,23)14-5-2-8-18-10-14/h1-2,5-8,10-11,13,21H,3-4,9,12H2/t13-/m0/s1. The summed E-state index contributed by atoms with van der Waals surface area (Å²) in [7, 11) is -3.64. The maximum absolute atomic E-state index is 12.8. The first kappa shape index (κ1) is 17.4. The van der Waals surface area contributed by atoms with Crippen LogP contribution in [0.5, 0.6) is 11.5 Å². The quantitative estimate of drug-likeness (QED) is 0.788. The predicted octanol–water partition coefficient (Wildman–Crippen LogP) is 1.83. The van der Waals surface area contributed by atoms with Crippen LogP contribution in [0.4, 0.5) is 0 Å². The Balaban J connectivity index is 1.77. The summed E-state index contributed by atoms with van der Waals surface area (Å²) < 4.78 is 32.6. The maximum Gasteiger partial charge on any atom is 0.244 e. The van der Waals surface area contributed by atoms with Gasteiger partial charge in [0.15, 0.2) is 6.29 Å². The van der Waals surface area contributed by atoms with E-state index in [1.165, 1.54) is 28.8 Å². The molecular weight excluding hydrogens is 344 g/mol. The molecule has 1 N–H and O–H groups in total. The molecule has 132 valence electrons. The molecule has 0 radical (unpaired) electrons. The second-order valence-corrected chi connectivity index (χ2v) is 7.61. The number of carbonyl (C=O) groups excluding carboxylic acids is 1. The minimum absolute atomic E-state index is 0.0576. The van der Waals surface area contributed by atoms with Crippen molar-refractivity contribution in [2.45, 2.75) is 23.8 Å². The first-order valence-corrected chi connectivity index (χ1v) is 9.30. The molecule has 1 saturated heterocycles. The Bertz CT molecular complexity index is 855. The highest BCUT2D eigenvalue weighted by atomic mass is 32.2. The predicted molar refractivity (Wildman–Crippen MR) is 90.1 cm³/mol. The summed E-state index contributed by atoms with van der Waals surface area (Å²) in [5.41, 5.74) is 0.0576. The van der Waals surface area contributed by atoms with Crippen LogP contribution >= 0.6 is 0 Å². The van der Waals surface area contributed by atoms with Gasteiger partial charge in [-0.15, -0.1) is 0 Å². The van der Waals surface area contributed by atoms with E-state index in [4.69, 9.17) is 4.74 Å². The molecule has 8 heteroatoms. The van der Waals surface area contributed by atoms with Crippen molar-refractivity contribution in [1.82, 2.24) is 9.29 Å². The van der Waals surface area contributed by atoms with Crippen molar-refractivity contribution in [2.75, 3.05) is 13.2 Å². The van der Waals surface area contributed by atoms with E-state index in [0.29, 0.717) is 19.3 Å². The fourth-order valence-corrected chi connectivity index (χ4v) is 4.53. The fourth-order valence-electron chi connectivity index (χ4n) is 2.89. The van der Waals surface area contributed by atoms with Gasteiger partial charge in [0.1, 0.15) is 23.0 Å². The number of carbonyl (C=O) groups is 1. The molecule has 7 nitrogen and oxygen atoms in total. The number of hydrogen-bond donors (Lipinski definition) is 1. The van der Waals surface area contributed by atoms with Gasteiger partial charge in [-0.25, -0.2) is 8.42 Å². The normalized spacial score (nSPS) is 18.2. The summed E-state index contributed by atoms with van der Waals surface area (Å²) in [5, 5.41) is 9.69. The molecule has 1 aromatic carbocycles. The molecule has 0 bridgehead atoms. The Morgan fingerprint density at radius 1 is 1.32 bits per heavy atom. The molecule has 1 aliphatic rings. The zero-order chi connectivity index (χ0) is 17.9. The van der Waals surface area contributed by atoms with Gasteiger partial charge in [0, 0.05) is 18.9 Å². The minimum Gasteiger partial charge on any atom is -0.507 e. The van der Waals surface area contributed by atoms with E-state index < -0.39 is 10.0 Å². The number of pyridine rings is 1. The maximum atomic E-state index is 12.8. The van der Waals surface area contributed by atoms with Crippen LogP contribution < -0.4 is 4.74 Å². The second-order valence-electron chi connectivity index (χ2n) is 5.72. The molecule has 2 aromatic rings. The smallest absolute Gasteiger partial charge is 0.244 e. The molecule has 2 heterocycles. The minimum atomic E-state index is -3.64. The van der Waals surface area contributed by atoms with Gasteiger partial charge in [-0.05, 0) is 37.1 Å². The molecule has 25 heavy (non-hydrogen) atoms. The number of nitrogens with zero attached hydrogens (tertiary/aromatic N) is 2. The Morgan fingerprint density at radius 2 is 2.16 bits per heavy atom. The van der Waals surface area contributed by atoms with Crippen LogP contribution in [0.2, 0.25) is 0 Å². The van der Waals surface area contributed by atoms with Gasteiger partial charge in [0.05, 0.1) is 11.6 Å². The number of aromatic hydroxyl groups is 1. The van der Waals surface area contributed by atoms with E-state index in [2.05, 4.69) is 4.98 Å². The average Bonchev–Trinajstić information content (AvgIpc) is 3.10. The molecule has 1 aromatic heterocycles. The molecule has 0 amide bonds. The highest BCUT2D eigenvalue weighted by Gasteiger charge is 2.36. The fraction of sp³-hybridized carbons (Fsp3) is 0.294. The van der Waals surface area contributed by atoms with E-state index in [9.17, 15) is 18.3 Å². The van der Waals surface area contributed by atoms with Crippen LogP contribution in [0.1, 0.15) is 23.2 Å². The average molecular weight is 362 g/mol. The van der Waals surface area contributed by atoms with Gasteiger partial charge in [-0.3, -0.25) is 9.78 Å². The van der Waals surface area contributed by atoms with Gasteiger partial charge < -0.3 is 9.84 Å². The number of phenols is 1. The molecule has 0 saturated carbocycles. The summed E-state index contributed by atoms with van der Waals surface area (Å²) >= 11 is 0. The molecule has 0 spiro atoms. The van der Waals surface area contributed by atoms with Crippen molar-refractivity contribution in [3.05, 3.63) is 48.3 Å². The van der Waals surface area contributed by atoms with Crippen LogP contribution in [0.15, 0.2) is 47.6 Å². The number of sulfonamides is 1. The number of ether oxygens (including phenoxy) is 1. The third-order valence-corrected chi connectivity index (χ3v) is 6.09. The monoisotopic (exact) mass is 362 g/mol. The third-order valence-electron chi connectivity index (χ3n) is 4.16. The summed E-state index contributed by atoms with van der Waals surface area (Å²) in [4.78, 5) is 15.1. The van der Waals surface area contributed by atoms with Crippen molar-refractivity contribution in [3.63, 3.8) is 0 Å². The van der Waals surface area contributed by atoms with Crippen LogP contribution in [0, 0.1) is 0 Å². The van der Waals surface area contributed by atoms with Crippen molar-refractivity contribution < 1.29 is 23.1 Å². The first-order chi connectivity index (χ1) is 12.0. The molecule has 3 rings (SSSR count). The number of phenolic OH excluding ortho intramolecular Hbond substituents is 1. The Hall–Kier alpha value is -2.45. The largest absolute Gasteiger partial charge is 0.507 e.